The zero-order valence-electron chi connectivity index (χ0n) is 10.5. The number of hydrogen-bond acceptors (Lipinski definition) is 2. The first-order chi connectivity index (χ1) is 7.08. The monoisotopic (exact) mass is 226 g/mol. The molecule has 0 aromatic rings. The lowest BCUT2D eigenvalue weighted by Crippen LogP contribution is -2.50. The highest BCUT2D eigenvalue weighted by atomic mass is 28.2. The van der Waals surface area contributed by atoms with Crippen LogP contribution in [0.15, 0.2) is 25.3 Å². The molecule has 0 saturated carbocycles. The summed E-state index contributed by atoms with van der Waals surface area (Å²) in [4.78, 5) is 0. The van der Waals surface area contributed by atoms with Crippen LogP contribution in [0.5, 0.6) is 0 Å². The van der Waals surface area contributed by atoms with Gasteiger partial charge < -0.3 is 0 Å². The van der Waals surface area contributed by atoms with Crippen LogP contribution < -0.4 is 10.6 Å². The molecule has 2 nitrogen and oxygen atoms in total. The largest absolute Gasteiger partial charge is 0.298 e. The number of hydrogen-bond donors (Lipinski definition) is 2. The van der Waals surface area contributed by atoms with Gasteiger partial charge in [0.2, 0.25) is 0 Å². The molecule has 0 saturated heterocycles. The second kappa shape index (κ2) is 7.85. The summed E-state index contributed by atoms with van der Waals surface area (Å²) in [5, 5.41) is 7.36. The zero-order valence-corrected chi connectivity index (χ0v) is 11.9. The van der Waals surface area contributed by atoms with Crippen LogP contribution in [0.4, 0.5) is 0 Å². The van der Waals surface area contributed by atoms with Gasteiger partial charge in [0.25, 0.3) is 0 Å². The quantitative estimate of drug-likeness (QED) is 0.355. The molecule has 0 rings (SSSR count). The average molecular weight is 226 g/mol. The fraction of sp³-hybridized carbons (Fsp3) is 0.667. The molecular formula is C12H26N2Si. The summed E-state index contributed by atoms with van der Waals surface area (Å²) >= 11 is 0. The van der Waals surface area contributed by atoms with Crippen molar-refractivity contribution in [1.29, 1.82) is 0 Å². The van der Waals surface area contributed by atoms with E-state index in [1.54, 1.807) is 0 Å². The smallest absolute Gasteiger partial charge is 0.0598 e. The fourth-order valence-corrected chi connectivity index (χ4v) is 3.68. The van der Waals surface area contributed by atoms with E-state index < -0.39 is 0 Å². The summed E-state index contributed by atoms with van der Waals surface area (Å²) in [6.07, 6.45) is 4.19. The third kappa shape index (κ3) is 5.92. The van der Waals surface area contributed by atoms with Gasteiger partial charge in [0.15, 0.2) is 0 Å². The first-order valence-corrected chi connectivity index (χ1v) is 7.47. The topological polar surface area (TPSA) is 24.1 Å². The van der Waals surface area contributed by atoms with Gasteiger partial charge in [0, 0.05) is 22.6 Å². The molecule has 0 aromatic carbocycles. The van der Waals surface area contributed by atoms with Gasteiger partial charge in [0.1, 0.15) is 0 Å². The minimum Gasteiger partial charge on any atom is -0.298 e. The van der Waals surface area contributed by atoms with Gasteiger partial charge in [-0.25, -0.2) is 0 Å². The molecular weight excluding hydrogens is 200 g/mol. The Morgan fingerprint density at radius 2 is 1.67 bits per heavy atom. The number of nitrogens with one attached hydrogen (secondary N) is 2. The minimum atomic E-state index is -0.0473. The van der Waals surface area contributed by atoms with Gasteiger partial charge in [-0.2, -0.15) is 0 Å². The van der Waals surface area contributed by atoms with Crippen molar-refractivity contribution in [3.8, 4) is 0 Å². The van der Waals surface area contributed by atoms with Gasteiger partial charge >= 0.3 is 0 Å². The Hall–Kier alpha value is -0.383. The Kier molecular flexibility index (Phi) is 7.65. The van der Waals surface area contributed by atoms with E-state index in [2.05, 4.69) is 44.6 Å². The van der Waals surface area contributed by atoms with E-state index in [9.17, 15) is 0 Å². The lowest BCUT2D eigenvalue weighted by atomic mass is 10.1. The molecule has 0 unspecified atom stereocenters. The first kappa shape index (κ1) is 14.6. The van der Waals surface area contributed by atoms with E-state index in [1.807, 2.05) is 12.2 Å². The van der Waals surface area contributed by atoms with Crippen LogP contribution in [0.1, 0.15) is 20.8 Å². The minimum absolute atomic E-state index is 0.0473. The van der Waals surface area contributed by atoms with E-state index in [-0.39, 0.29) is 9.52 Å². The molecule has 0 atom stereocenters. The molecule has 0 spiro atoms. The first-order valence-electron chi connectivity index (χ1n) is 5.77. The van der Waals surface area contributed by atoms with Crippen molar-refractivity contribution >= 4 is 9.52 Å². The van der Waals surface area contributed by atoms with E-state index in [4.69, 9.17) is 0 Å². The van der Waals surface area contributed by atoms with Crippen molar-refractivity contribution in [3.63, 3.8) is 0 Å². The highest BCUT2D eigenvalue weighted by Gasteiger charge is 2.27. The molecule has 0 radical (unpaired) electrons. The Morgan fingerprint density at radius 1 is 1.20 bits per heavy atom. The maximum Gasteiger partial charge on any atom is 0.0598 e. The summed E-state index contributed by atoms with van der Waals surface area (Å²) in [6.45, 7) is 16.2. The molecule has 0 aliphatic rings. The summed E-state index contributed by atoms with van der Waals surface area (Å²) in [7, 11) is -0.0473. The van der Waals surface area contributed by atoms with Gasteiger partial charge in [-0.3, -0.25) is 10.6 Å². The van der Waals surface area contributed by atoms with Crippen molar-refractivity contribution in [2.24, 2.45) is 0 Å². The van der Waals surface area contributed by atoms with Crippen LogP contribution in [0.2, 0.25) is 11.1 Å². The standard InChI is InChI=1S/C12H26N2Si/c1-6-9-13-11(14-10-7-2)12(4,5)15-8-3/h6-7,11,13-14H,1-2,8-10,15H2,3-5H3. The molecule has 0 amide bonds. The lowest BCUT2D eigenvalue weighted by Gasteiger charge is -2.35. The van der Waals surface area contributed by atoms with Crippen LogP contribution >= 0.6 is 0 Å². The Labute approximate surface area is 97.0 Å². The molecule has 0 aromatic heterocycles. The normalized spacial score (nSPS) is 12.5. The van der Waals surface area contributed by atoms with E-state index >= 15 is 0 Å². The average Bonchev–Trinajstić information content (AvgIpc) is 2.17. The molecule has 3 heteroatoms. The second-order valence-corrected chi connectivity index (χ2v) is 7.89. The van der Waals surface area contributed by atoms with Crippen molar-refractivity contribution in [2.45, 2.75) is 38.0 Å². The predicted octanol–water partition coefficient (Wildman–Crippen LogP) is 1.67. The van der Waals surface area contributed by atoms with Crippen molar-refractivity contribution in [3.05, 3.63) is 25.3 Å². The van der Waals surface area contributed by atoms with E-state index in [0.29, 0.717) is 11.2 Å². The molecule has 88 valence electrons. The Bertz CT molecular complexity index is 178. The third-order valence-electron chi connectivity index (χ3n) is 2.61. The van der Waals surface area contributed by atoms with Crippen molar-refractivity contribution in [2.75, 3.05) is 13.1 Å². The van der Waals surface area contributed by atoms with Crippen LogP contribution in [-0.2, 0) is 0 Å². The highest BCUT2D eigenvalue weighted by molar-refractivity contribution is 6.39. The van der Waals surface area contributed by atoms with Crippen LogP contribution in [0.25, 0.3) is 0 Å². The van der Waals surface area contributed by atoms with E-state index in [1.165, 1.54) is 6.04 Å². The molecule has 0 aliphatic carbocycles. The summed E-state index contributed by atoms with van der Waals surface area (Å²) in [5.74, 6) is 0. The molecule has 2 N–H and O–H groups in total. The summed E-state index contributed by atoms with van der Waals surface area (Å²) in [5.41, 5.74) is 0. The van der Waals surface area contributed by atoms with Crippen LogP contribution in [-0.4, -0.2) is 28.8 Å². The molecule has 15 heavy (non-hydrogen) atoms. The highest BCUT2D eigenvalue weighted by Crippen LogP contribution is 2.27. The third-order valence-corrected chi connectivity index (χ3v) is 4.81. The number of rotatable bonds is 9. The predicted molar refractivity (Wildman–Crippen MR) is 73.3 cm³/mol. The maximum atomic E-state index is 3.74. The molecule has 0 heterocycles. The lowest BCUT2D eigenvalue weighted by molar-refractivity contribution is 0.369. The van der Waals surface area contributed by atoms with E-state index in [0.717, 1.165) is 13.1 Å². The van der Waals surface area contributed by atoms with Gasteiger partial charge in [-0.05, 0) is 5.04 Å². The second-order valence-electron chi connectivity index (χ2n) is 4.57. The van der Waals surface area contributed by atoms with Gasteiger partial charge in [-0.1, -0.05) is 39.0 Å². The zero-order chi connectivity index (χ0) is 11.7. The van der Waals surface area contributed by atoms with Crippen molar-refractivity contribution in [1.82, 2.24) is 10.6 Å². The molecule has 0 bridgehead atoms. The van der Waals surface area contributed by atoms with Crippen molar-refractivity contribution < 1.29 is 0 Å². The molecule has 0 aliphatic heterocycles. The Balaban J connectivity index is 4.29. The summed E-state index contributed by atoms with van der Waals surface area (Å²) in [6, 6.07) is 1.34. The maximum absolute atomic E-state index is 3.74. The van der Waals surface area contributed by atoms with Crippen LogP contribution in [0, 0.1) is 0 Å². The summed E-state index contributed by atoms with van der Waals surface area (Å²) < 4.78 is 0. The fourth-order valence-electron chi connectivity index (χ4n) is 1.82. The van der Waals surface area contributed by atoms with Crippen LogP contribution in [0.3, 0.4) is 0 Å². The Morgan fingerprint density at radius 3 is 2.00 bits per heavy atom. The van der Waals surface area contributed by atoms with Gasteiger partial charge in [0.05, 0.1) is 6.17 Å². The van der Waals surface area contributed by atoms with Gasteiger partial charge in [-0.15, -0.1) is 13.2 Å². The molecule has 0 fully saturated rings. The SMILES string of the molecule is C=CCNC(NCC=C)C(C)(C)[SiH2]CC.